The lowest BCUT2D eigenvalue weighted by Crippen LogP contribution is -2.18. The van der Waals surface area contributed by atoms with E-state index in [1.165, 1.54) is 12.4 Å². The molecule has 0 unspecified atom stereocenters. The first-order valence-corrected chi connectivity index (χ1v) is 3.92. The summed E-state index contributed by atoms with van der Waals surface area (Å²) >= 11 is 0. The number of hydrogen-bond acceptors (Lipinski definition) is 6. The van der Waals surface area contributed by atoms with Crippen LogP contribution >= 0.6 is 0 Å². The topological polar surface area (TPSA) is 116 Å². The van der Waals surface area contributed by atoms with Crippen LogP contribution in [-0.2, 0) is 4.74 Å². The molecule has 76 valence electrons. The minimum atomic E-state index is -0.801. The number of primary amides is 1. The molecule has 0 fully saturated rings. The SMILES string of the molecule is NC(=O)OCCNc1cncc(N)n1. The molecular weight excluding hydrogens is 186 g/mol. The lowest BCUT2D eigenvalue weighted by molar-refractivity contribution is 0.161. The average Bonchev–Trinajstić information content (AvgIpc) is 2.12. The van der Waals surface area contributed by atoms with E-state index in [1.807, 2.05) is 0 Å². The van der Waals surface area contributed by atoms with Crippen LogP contribution in [0.2, 0.25) is 0 Å². The Kier molecular flexibility index (Phi) is 3.48. The number of aromatic nitrogens is 2. The van der Waals surface area contributed by atoms with Gasteiger partial charge in [-0.05, 0) is 0 Å². The number of rotatable bonds is 4. The summed E-state index contributed by atoms with van der Waals surface area (Å²) in [6, 6.07) is 0. The Morgan fingerprint density at radius 2 is 2.36 bits per heavy atom. The fourth-order valence-corrected chi connectivity index (χ4v) is 0.797. The minimum Gasteiger partial charge on any atom is -0.448 e. The molecule has 0 aliphatic carbocycles. The first-order chi connectivity index (χ1) is 6.68. The van der Waals surface area contributed by atoms with Crippen LogP contribution in [0.1, 0.15) is 0 Å². The van der Waals surface area contributed by atoms with Gasteiger partial charge in [0.05, 0.1) is 18.9 Å². The second-order valence-electron chi connectivity index (χ2n) is 2.42. The number of carbonyl (C=O) groups excluding carboxylic acids is 1. The predicted molar refractivity (Wildman–Crippen MR) is 50.5 cm³/mol. The van der Waals surface area contributed by atoms with Gasteiger partial charge in [-0.1, -0.05) is 0 Å². The van der Waals surface area contributed by atoms with Gasteiger partial charge in [-0.25, -0.2) is 9.78 Å². The number of anilines is 2. The average molecular weight is 197 g/mol. The third-order valence-corrected chi connectivity index (χ3v) is 1.31. The molecule has 7 nitrogen and oxygen atoms in total. The van der Waals surface area contributed by atoms with Crippen molar-refractivity contribution in [1.29, 1.82) is 0 Å². The Bertz CT molecular complexity index is 317. The van der Waals surface area contributed by atoms with Gasteiger partial charge in [-0.2, -0.15) is 0 Å². The van der Waals surface area contributed by atoms with Crippen molar-refractivity contribution in [2.75, 3.05) is 24.2 Å². The summed E-state index contributed by atoms with van der Waals surface area (Å²) in [7, 11) is 0. The maximum atomic E-state index is 10.2. The van der Waals surface area contributed by atoms with E-state index in [0.29, 0.717) is 18.2 Å². The smallest absolute Gasteiger partial charge is 0.404 e. The second-order valence-corrected chi connectivity index (χ2v) is 2.42. The van der Waals surface area contributed by atoms with Gasteiger partial charge in [0, 0.05) is 0 Å². The van der Waals surface area contributed by atoms with Gasteiger partial charge in [0.15, 0.2) is 0 Å². The van der Waals surface area contributed by atoms with E-state index in [-0.39, 0.29) is 6.61 Å². The molecule has 1 aromatic rings. The largest absolute Gasteiger partial charge is 0.448 e. The van der Waals surface area contributed by atoms with E-state index in [4.69, 9.17) is 11.5 Å². The Balaban J connectivity index is 2.28. The summed E-state index contributed by atoms with van der Waals surface area (Å²) in [6.07, 6.45) is 2.15. The molecular formula is C7H11N5O2. The second kappa shape index (κ2) is 4.85. The molecule has 0 spiro atoms. The first kappa shape index (κ1) is 10.0. The maximum absolute atomic E-state index is 10.2. The molecule has 0 radical (unpaired) electrons. The summed E-state index contributed by atoms with van der Waals surface area (Å²) in [6.45, 7) is 0.576. The number of nitrogen functional groups attached to an aromatic ring is 1. The molecule has 0 aromatic carbocycles. The highest BCUT2D eigenvalue weighted by Gasteiger charge is 1.96. The van der Waals surface area contributed by atoms with E-state index < -0.39 is 6.09 Å². The van der Waals surface area contributed by atoms with Gasteiger partial charge >= 0.3 is 6.09 Å². The molecule has 0 atom stereocenters. The molecule has 1 heterocycles. The fourth-order valence-electron chi connectivity index (χ4n) is 0.797. The van der Waals surface area contributed by atoms with E-state index >= 15 is 0 Å². The van der Waals surface area contributed by atoms with Crippen LogP contribution in [0.3, 0.4) is 0 Å². The Morgan fingerprint density at radius 1 is 1.57 bits per heavy atom. The highest BCUT2D eigenvalue weighted by Crippen LogP contribution is 2.01. The van der Waals surface area contributed by atoms with E-state index in [2.05, 4.69) is 20.0 Å². The maximum Gasteiger partial charge on any atom is 0.404 e. The zero-order valence-electron chi connectivity index (χ0n) is 7.43. The van der Waals surface area contributed by atoms with Crippen LogP contribution in [0.5, 0.6) is 0 Å². The van der Waals surface area contributed by atoms with Crippen LogP contribution in [-0.4, -0.2) is 29.2 Å². The molecule has 0 bridgehead atoms. The normalized spacial score (nSPS) is 9.43. The van der Waals surface area contributed by atoms with Crippen molar-refractivity contribution in [2.24, 2.45) is 5.73 Å². The van der Waals surface area contributed by atoms with Crippen LogP contribution in [0, 0.1) is 0 Å². The quantitative estimate of drug-likeness (QED) is 0.564. The molecule has 0 saturated heterocycles. The zero-order valence-corrected chi connectivity index (χ0v) is 7.43. The molecule has 1 aromatic heterocycles. The fraction of sp³-hybridized carbons (Fsp3) is 0.286. The summed E-state index contributed by atoms with van der Waals surface area (Å²) in [5.41, 5.74) is 10.2. The number of carbonyl (C=O) groups is 1. The number of nitrogens with one attached hydrogen (secondary N) is 1. The van der Waals surface area contributed by atoms with E-state index in [9.17, 15) is 4.79 Å². The highest BCUT2D eigenvalue weighted by atomic mass is 16.5. The van der Waals surface area contributed by atoms with Crippen molar-refractivity contribution >= 4 is 17.7 Å². The van der Waals surface area contributed by atoms with Crippen molar-refractivity contribution in [3.63, 3.8) is 0 Å². The lowest BCUT2D eigenvalue weighted by Gasteiger charge is -2.04. The summed E-state index contributed by atoms with van der Waals surface area (Å²) < 4.78 is 4.49. The Hall–Kier alpha value is -2.05. The zero-order chi connectivity index (χ0) is 10.4. The van der Waals surface area contributed by atoms with Gasteiger partial charge in [0.25, 0.3) is 0 Å². The Labute approximate surface area is 80.5 Å². The molecule has 0 saturated carbocycles. The molecule has 7 heteroatoms. The number of nitrogens with two attached hydrogens (primary N) is 2. The standard InChI is InChI=1S/C7H11N5O2/c8-5-3-10-4-6(12-5)11-1-2-14-7(9)13/h3-4H,1-2H2,(H2,9,13)(H3,8,11,12). The third kappa shape index (κ3) is 3.57. The molecule has 1 amide bonds. The molecule has 0 aliphatic rings. The molecule has 14 heavy (non-hydrogen) atoms. The summed E-state index contributed by atoms with van der Waals surface area (Å²) in [4.78, 5) is 17.9. The van der Waals surface area contributed by atoms with E-state index in [0.717, 1.165) is 0 Å². The van der Waals surface area contributed by atoms with Crippen molar-refractivity contribution in [1.82, 2.24) is 9.97 Å². The van der Waals surface area contributed by atoms with Gasteiger partial charge in [0.2, 0.25) is 0 Å². The highest BCUT2D eigenvalue weighted by molar-refractivity contribution is 5.64. The van der Waals surface area contributed by atoms with Crippen molar-refractivity contribution in [3.8, 4) is 0 Å². The monoisotopic (exact) mass is 197 g/mol. The molecule has 1 rings (SSSR count). The predicted octanol–water partition coefficient (Wildman–Crippen LogP) is -0.434. The van der Waals surface area contributed by atoms with E-state index in [1.54, 1.807) is 0 Å². The van der Waals surface area contributed by atoms with Crippen molar-refractivity contribution in [3.05, 3.63) is 12.4 Å². The van der Waals surface area contributed by atoms with Crippen LogP contribution in [0.25, 0.3) is 0 Å². The Morgan fingerprint density at radius 3 is 3.00 bits per heavy atom. The van der Waals surface area contributed by atoms with Gasteiger partial charge in [-0.15, -0.1) is 0 Å². The van der Waals surface area contributed by atoms with Gasteiger partial charge < -0.3 is 21.5 Å². The van der Waals surface area contributed by atoms with Gasteiger partial charge in [0.1, 0.15) is 18.2 Å². The summed E-state index contributed by atoms with van der Waals surface area (Å²) in [5.74, 6) is 0.851. The van der Waals surface area contributed by atoms with Crippen LogP contribution in [0.15, 0.2) is 12.4 Å². The number of ether oxygens (including phenoxy) is 1. The van der Waals surface area contributed by atoms with Crippen molar-refractivity contribution in [2.45, 2.75) is 0 Å². The lowest BCUT2D eigenvalue weighted by atomic mass is 10.6. The number of nitrogens with zero attached hydrogens (tertiary/aromatic N) is 2. The summed E-state index contributed by atoms with van der Waals surface area (Å²) in [5, 5.41) is 2.85. The van der Waals surface area contributed by atoms with Gasteiger partial charge in [-0.3, -0.25) is 4.98 Å². The molecule has 0 aliphatic heterocycles. The van der Waals surface area contributed by atoms with Crippen molar-refractivity contribution < 1.29 is 9.53 Å². The minimum absolute atomic E-state index is 0.172. The first-order valence-electron chi connectivity index (χ1n) is 3.92. The number of hydrogen-bond donors (Lipinski definition) is 3. The van der Waals surface area contributed by atoms with Crippen LogP contribution < -0.4 is 16.8 Å². The number of amides is 1. The third-order valence-electron chi connectivity index (χ3n) is 1.31. The van der Waals surface area contributed by atoms with Crippen LogP contribution in [0.4, 0.5) is 16.4 Å². The molecule has 5 N–H and O–H groups in total.